The number of benzene rings is 2. The molecule has 2 aromatic rings. The molecule has 2 N–H and O–H groups in total. The monoisotopic (exact) mass is 287 g/mol. The molecule has 0 fully saturated rings. The molecule has 3 nitrogen and oxygen atoms in total. The Morgan fingerprint density at radius 2 is 1.80 bits per heavy atom. The molecule has 0 aromatic heterocycles. The van der Waals surface area contributed by atoms with Crippen molar-refractivity contribution in [3.05, 3.63) is 59.7 Å². The Morgan fingerprint density at radius 3 is 2.55 bits per heavy atom. The topological polar surface area (TPSA) is 44.5 Å². The van der Waals surface area contributed by atoms with Crippen molar-refractivity contribution >= 4 is 17.2 Å². The summed E-state index contributed by atoms with van der Waals surface area (Å²) < 4.78 is 11.3. The maximum atomic E-state index is 5.66. The summed E-state index contributed by atoms with van der Waals surface area (Å²) >= 11 is 4.99. The molecule has 2 rings (SSSR count). The SMILES string of the molecule is Cc1cccc(OCCOc2ccccc2C(N)=S)c1. The third-order valence-corrected chi connectivity index (χ3v) is 2.97. The summed E-state index contributed by atoms with van der Waals surface area (Å²) in [6.07, 6.45) is 0. The molecule has 0 atom stereocenters. The molecule has 4 heteroatoms. The van der Waals surface area contributed by atoms with Gasteiger partial charge in [0.25, 0.3) is 0 Å². The van der Waals surface area contributed by atoms with Gasteiger partial charge in [-0.05, 0) is 36.8 Å². The molecule has 0 saturated heterocycles. The first-order valence-corrected chi connectivity index (χ1v) is 6.79. The number of hydrogen-bond acceptors (Lipinski definition) is 3. The van der Waals surface area contributed by atoms with Gasteiger partial charge in [-0.15, -0.1) is 0 Å². The highest BCUT2D eigenvalue weighted by atomic mass is 32.1. The third kappa shape index (κ3) is 3.96. The molecule has 0 unspecified atom stereocenters. The standard InChI is InChI=1S/C16H17NO2S/c1-12-5-4-6-13(11-12)18-9-10-19-15-8-3-2-7-14(15)16(17)20/h2-8,11H,9-10H2,1H3,(H2,17,20). The molecule has 0 aliphatic rings. The molecule has 104 valence electrons. The first-order valence-electron chi connectivity index (χ1n) is 6.38. The predicted molar refractivity (Wildman–Crippen MR) is 84.5 cm³/mol. The smallest absolute Gasteiger partial charge is 0.129 e. The van der Waals surface area contributed by atoms with Gasteiger partial charge < -0.3 is 15.2 Å². The number of nitrogens with two attached hydrogens (primary N) is 1. The van der Waals surface area contributed by atoms with Gasteiger partial charge in [-0.3, -0.25) is 0 Å². The van der Waals surface area contributed by atoms with Crippen LogP contribution in [0.3, 0.4) is 0 Å². The second kappa shape index (κ2) is 6.91. The number of hydrogen-bond donors (Lipinski definition) is 1. The molecule has 0 bridgehead atoms. The van der Waals surface area contributed by atoms with E-state index in [1.54, 1.807) is 0 Å². The molecule has 20 heavy (non-hydrogen) atoms. The van der Waals surface area contributed by atoms with Crippen molar-refractivity contribution in [3.8, 4) is 11.5 Å². The van der Waals surface area contributed by atoms with Gasteiger partial charge in [0.05, 0.1) is 5.56 Å². The lowest BCUT2D eigenvalue weighted by molar-refractivity contribution is 0.217. The molecule has 2 aromatic carbocycles. The van der Waals surface area contributed by atoms with Crippen LogP contribution in [0, 0.1) is 6.92 Å². The number of ether oxygens (including phenoxy) is 2. The maximum Gasteiger partial charge on any atom is 0.129 e. The zero-order chi connectivity index (χ0) is 14.4. The van der Waals surface area contributed by atoms with Crippen molar-refractivity contribution in [2.24, 2.45) is 5.73 Å². The van der Waals surface area contributed by atoms with Crippen molar-refractivity contribution in [1.82, 2.24) is 0 Å². The van der Waals surface area contributed by atoms with Gasteiger partial charge in [-0.25, -0.2) is 0 Å². The number of para-hydroxylation sites is 1. The predicted octanol–water partition coefficient (Wildman–Crippen LogP) is 3.09. The minimum atomic E-state index is 0.334. The Bertz CT molecular complexity index is 599. The third-order valence-electron chi connectivity index (χ3n) is 2.75. The van der Waals surface area contributed by atoms with Crippen LogP contribution < -0.4 is 15.2 Å². The number of thiocarbonyl (C=S) groups is 1. The Balaban J connectivity index is 1.86. The normalized spacial score (nSPS) is 10.1. The Morgan fingerprint density at radius 1 is 1.05 bits per heavy atom. The van der Waals surface area contributed by atoms with Gasteiger partial charge in [-0.1, -0.05) is 36.5 Å². The Labute approximate surface area is 124 Å². The van der Waals surface area contributed by atoms with Crippen LogP contribution in [0.25, 0.3) is 0 Å². The van der Waals surface area contributed by atoms with E-state index in [4.69, 9.17) is 27.4 Å². The fraction of sp³-hybridized carbons (Fsp3) is 0.188. The summed E-state index contributed by atoms with van der Waals surface area (Å²) in [5.41, 5.74) is 7.56. The van der Waals surface area contributed by atoms with Gasteiger partial charge in [0, 0.05) is 0 Å². The van der Waals surface area contributed by atoms with Crippen LogP contribution >= 0.6 is 12.2 Å². The molecular formula is C16H17NO2S. The molecule has 0 saturated carbocycles. The summed E-state index contributed by atoms with van der Waals surface area (Å²) in [6.45, 7) is 2.94. The fourth-order valence-corrected chi connectivity index (χ4v) is 1.98. The van der Waals surface area contributed by atoms with Gasteiger partial charge in [0.1, 0.15) is 29.7 Å². The van der Waals surface area contributed by atoms with Gasteiger partial charge in [0.2, 0.25) is 0 Å². The summed E-state index contributed by atoms with van der Waals surface area (Å²) in [4.78, 5) is 0.334. The zero-order valence-electron chi connectivity index (χ0n) is 11.3. The van der Waals surface area contributed by atoms with Gasteiger partial charge in [-0.2, -0.15) is 0 Å². The van der Waals surface area contributed by atoms with Crippen molar-refractivity contribution in [3.63, 3.8) is 0 Å². The largest absolute Gasteiger partial charge is 0.490 e. The molecule has 0 radical (unpaired) electrons. The van der Waals surface area contributed by atoms with Crippen LogP contribution in [-0.4, -0.2) is 18.2 Å². The Kier molecular flexibility index (Phi) is 4.96. The minimum Gasteiger partial charge on any atom is -0.490 e. The highest BCUT2D eigenvalue weighted by Gasteiger charge is 2.05. The highest BCUT2D eigenvalue weighted by Crippen LogP contribution is 2.18. The molecule has 0 amide bonds. The molecule has 0 spiro atoms. The number of aryl methyl sites for hydroxylation is 1. The Hall–Kier alpha value is -2.07. The average Bonchev–Trinajstić information content (AvgIpc) is 2.44. The lowest BCUT2D eigenvalue weighted by Crippen LogP contribution is -2.14. The van der Waals surface area contributed by atoms with E-state index in [0.717, 1.165) is 11.3 Å². The van der Waals surface area contributed by atoms with E-state index in [2.05, 4.69) is 0 Å². The van der Waals surface area contributed by atoms with Crippen LogP contribution in [0.2, 0.25) is 0 Å². The van der Waals surface area contributed by atoms with E-state index >= 15 is 0 Å². The second-order valence-corrected chi connectivity index (χ2v) is 4.81. The van der Waals surface area contributed by atoms with Crippen LogP contribution in [0.4, 0.5) is 0 Å². The van der Waals surface area contributed by atoms with Gasteiger partial charge >= 0.3 is 0 Å². The molecule has 0 heterocycles. The second-order valence-electron chi connectivity index (χ2n) is 4.37. The van der Waals surface area contributed by atoms with E-state index in [-0.39, 0.29) is 0 Å². The summed E-state index contributed by atoms with van der Waals surface area (Å²) in [5, 5.41) is 0. The van der Waals surface area contributed by atoms with E-state index in [9.17, 15) is 0 Å². The average molecular weight is 287 g/mol. The maximum absolute atomic E-state index is 5.66. The molecule has 0 aliphatic carbocycles. The van der Waals surface area contributed by atoms with Crippen molar-refractivity contribution in [1.29, 1.82) is 0 Å². The first kappa shape index (κ1) is 14.3. The molecule has 0 aliphatic heterocycles. The van der Waals surface area contributed by atoms with Gasteiger partial charge in [0.15, 0.2) is 0 Å². The van der Waals surface area contributed by atoms with Crippen molar-refractivity contribution in [2.75, 3.05) is 13.2 Å². The summed E-state index contributed by atoms with van der Waals surface area (Å²) in [5.74, 6) is 1.53. The lowest BCUT2D eigenvalue weighted by Gasteiger charge is -2.11. The number of rotatable bonds is 6. The zero-order valence-corrected chi connectivity index (χ0v) is 12.2. The van der Waals surface area contributed by atoms with Crippen molar-refractivity contribution in [2.45, 2.75) is 6.92 Å². The van der Waals surface area contributed by atoms with Crippen LogP contribution in [0.15, 0.2) is 48.5 Å². The summed E-state index contributed by atoms with van der Waals surface area (Å²) in [7, 11) is 0. The fourth-order valence-electron chi connectivity index (χ4n) is 1.81. The van der Waals surface area contributed by atoms with E-state index in [1.165, 1.54) is 5.56 Å². The van der Waals surface area contributed by atoms with E-state index in [1.807, 2.05) is 55.5 Å². The van der Waals surface area contributed by atoms with Crippen molar-refractivity contribution < 1.29 is 9.47 Å². The van der Waals surface area contributed by atoms with E-state index < -0.39 is 0 Å². The van der Waals surface area contributed by atoms with E-state index in [0.29, 0.717) is 24.0 Å². The molecular weight excluding hydrogens is 270 g/mol. The highest BCUT2D eigenvalue weighted by molar-refractivity contribution is 7.80. The van der Waals surface area contributed by atoms with Crippen LogP contribution in [0.1, 0.15) is 11.1 Å². The minimum absolute atomic E-state index is 0.334. The quantitative estimate of drug-likeness (QED) is 0.655. The van der Waals surface area contributed by atoms with Crippen LogP contribution in [0.5, 0.6) is 11.5 Å². The van der Waals surface area contributed by atoms with Crippen LogP contribution in [-0.2, 0) is 0 Å². The lowest BCUT2D eigenvalue weighted by atomic mass is 10.2. The first-order chi connectivity index (χ1) is 9.66. The summed E-state index contributed by atoms with van der Waals surface area (Å²) in [6, 6.07) is 15.4.